The number of pyridine rings is 1. The molecule has 2 aliphatic rings. The lowest BCUT2D eigenvalue weighted by Crippen LogP contribution is -2.70. The first-order valence-corrected chi connectivity index (χ1v) is 15.5. The number of nitrogens with two attached hydrogens (primary N) is 1. The van der Waals surface area contributed by atoms with Crippen molar-refractivity contribution in [2.24, 2.45) is 7.05 Å². The molecule has 0 bridgehead atoms. The minimum Gasteiger partial charge on any atom is -0.628 e. The topological polar surface area (TPSA) is 171 Å². The number of β-lactam (4-membered cyclic amide) rings is 1. The number of anilines is 1. The predicted octanol–water partition coefficient (Wildman–Crippen LogP) is 0.837. The molecule has 0 radical (unpaired) electrons. The highest BCUT2D eigenvalue weighted by molar-refractivity contribution is 8.01. The Hall–Kier alpha value is -2.52. The van der Waals surface area contributed by atoms with Crippen molar-refractivity contribution in [2.45, 2.75) is 16.3 Å². The highest BCUT2D eigenvalue weighted by Crippen LogP contribution is 2.54. The molecule has 202 valence electrons. The Bertz CT molecular complexity index is 1310. The second-order valence-corrected chi connectivity index (χ2v) is 13.2. The normalized spacial score (nSPS) is 19.7. The van der Waals surface area contributed by atoms with Gasteiger partial charge in [-0.25, -0.2) is 23.4 Å². The van der Waals surface area contributed by atoms with Crippen LogP contribution in [0.15, 0.2) is 51.9 Å². The van der Waals surface area contributed by atoms with Gasteiger partial charge in [0.25, 0.3) is 19.8 Å². The van der Waals surface area contributed by atoms with Gasteiger partial charge in [0, 0.05) is 33.9 Å². The molecule has 16 heteroatoms. The number of aromatic nitrogens is 2. The maximum Gasteiger partial charge on any atom is 0.352 e. The molecule has 0 aliphatic carbocycles. The van der Waals surface area contributed by atoms with E-state index in [1.54, 1.807) is 0 Å². The summed E-state index contributed by atoms with van der Waals surface area (Å²) in [6.07, 6.45) is 3.79. The molecule has 1 fully saturated rings. The van der Waals surface area contributed by atoms with E-state index in [2.05, 4.69) is 10.3 Å². The van der Waals surface area contributed by atoms with Gasteiger partial charge in [-0.3, -0.25) is 14.5 Å². The van der Waals surface area contributed by atoms with Crippen LogP contribution in [-0.2, 0) is 30.5 Å². The summed E-state index contributed by atoms with van der Waals surface area (Å²) in [5, 5.41) is 13.6. The molecule has 0 unspecified atom stereocenters. The first kappa shape index (κ1) is 28.5. The van der Waals surface area contributed by atoms with Crippen molar-refractivity contribution in [3.8, 4) is 0 Å². The summed E-state index contributed by atoms with van der Waals surface area (Å²) in [6.45, 7) is 0. The monoisotopic (exact) mass is 598 g/mol. The van der Waals surface area contributed by atoms with Crippen LogP contribution >= 0.6 is 42.8 Å². The molecule has 2 amide bonds. The Morgan fingerprint density at radius 2 is 2.08 bits per heavy atom. The van der Waals surface area contributed by atoms with Crippen molar-refractivity contribution in [1.29, 1.82) is 0 Å². The minimum atomic E-state index is -3.78. The molecule has 4 rings (SSSR count). The quantitative estimate of drug-likeness (QED) is 0.116. The number of fused-ring (bicyclic) bond motifs is 1. The molecule has 4 N–H and O–H groups in total. The molecular formula is C22H25N5O7PS3+. The van der Waals surface area contributed by atoms with E-state index in [0.29, 0.717) is 17.1 Å². The number of aryl methyl sites for hydroxylation is 1. The molecule has 2 aromatic rings. The largest absolute Gasteiger partial charge is 0.628 e. The number of hydrogen-bond acceptors (Lipinski definition) is 11. The van der Waals surface area contributed by atoms with Gasteiger partial charge in [0.2, 0.25) is 0 Å². The van der Waals surface area contributed by atoms with Gasteiger partial charge in [-0.2, -0.15) is 0 Å². The van der Waals surface area contributed by atoms with Crippen LogP contribution in [0, 0.1) is 0 Å². The molecular weight excluding hydrogens is 573 g/mol. The number of aliphatic carboxylic acids is 1. The van der Waals surface area contributed by atoms with Crippen LogP contribution in [0.3, 0.4) is 0 Å². The third kappa shape index (κ3) is 5.88. The predicted molar refractivity (Wildman–Crippen MR) is 143 cm³/mol. The summed E-state index contributed by atoms with van der Waals surface area (Å²) >= 11 is 3.92. The first-order chi connectivity index (χ1) is 18.1. The van der Waals surface area contributed by atoms with Crippen LogP contribution < -0.4 is 20.5 Å². The molecule has 0 spiro atoms. The molecule has 2 aromatic heterocycles. The summed E-state index contributed by atoms with van der Waals surface area (Å²) in [5.74, 6) is -0.707. The van der Waals surface area contributed by atoms with Gasteiger partial charge in [-0.1, -0.05) is 0 Å². The minimum absolute atomic E-state index is 0.0652. The van der Waals surface area contributed by atoms with Crippen molar-refractivity contribution < 1.29 is 38.0 Å². The lowest BCUT2D eigenvalue weighted by molar-refractivity contribution is -0.671. The van der Waals surface area contributed by atoms with Crippen LogP contribution in [-0.4, -0.2) is 69.9 Å². The fraction of sp³-hybridized carbons (Fsp3) is 0.318. The average Bonchev–Trinajstić information content (AvgIpc) is 3.34. The Labute approximate surface area is 231 Å². The number of nitrogens with zero attached hydrogens (tertiary/aromatic N) is 3. The van der Waals surface area contributed by atoms with E-state index < -0.39 is 37.1 Å². The van der Waals surface area contributed by atoms with E-state index in [1.807, 2.05) is 36.1 Å². The Kier molecular flexibility index (Phi) is 8.77. The van der Waals surface area contributed by atoms with Crippen LogP contribution in [0.5, 0.6) is 0 Å². The number of carbonyl (C=O) groups is 3. The standard InChI is InChI=1S/C22H24N5O7PS3/c1-26-6-4-13(5-7-26)36-9-12-10-37-20-16(19(29)27(20)17(12)21(30)31)25-18(28)14(8-35(32,33-2)34-3)15-11-38-22(23)24-15/h4-8,11,16,20H,9-10H2,1-3H3,(H3-,23,24,25,28,30,31)/p+1/b14-8+/t16-,20-/m1/s1. The van der Waals surface area contributed by atoms with E-state index in [0.717, 1.165) is 22.0 Å². The smallest absolute Gasteiger partial charge is 0.352 e. The number of carboxylic acids is 1. The zero-order chi connectivity index (χ0) is 27.6. The van der Waals surface area contributed by atoms with Crippen molar-refractivity contribution in [3.63, 3.8) is 0 Å². The molecule has 4 heterocycles. The van der Waals surface area contributed by atoms with E-state index in [9.17, 15) is 24.4 Å². The SMILES string of the molecule is CO[P+]([O-])(/C=C(/C(=O)N[C@@H]1C(=O)N2C(C(=O)O)=C(CSc3cc[n+](C)cc3)CS[C@H]12)c1csc(N)n1)OC. The maximum atomic E-state index is 13.2. The van der Waals surface area contributed by atoms with Crippen LogP contribution in [0.1, 0.15) is 5.69 Å². The lowest BCUT2D eigenvalue weighted by atomic mass is 10.0. The Morgan fingerprint density at radius 3 is 2.66 bits per heavy atom. The highest BCUT2D eigenvalue weighted by Gasteiger charge is 2.54. The summed E-state index contributed by atoms with van der Waals surface area (Å²) in [4.78, 5) is 57.5. The number of thioether (sulfide) groups is 2. The van der Waals surface area contributed by atoms with Gasteiger partial charge in [-0.15, -0.1) is 34.9 Å². The van der Waals surface area contributed by atoms with Gasteiger partial charge in [0.1, 0.15) is 35.6 Å². The molecule has 12 nitrogen and oxygen atoms in total. The number of nitrogens with one attached hydrogen (secondary N) is 1. The van der Waals surface area contributed by atoms with E-state index in [-0.39, 0.29) is 22.1 Å². The number of nitrogen functional groups attached to an aromatic ring is 1. The number of carbonyl (C=O) groups excluding carboxylic acids is 2. The summed E-state index contributed by atoms with van der Waals surface area (Å²) in [5.41, 5.74) is 6.26. The Morgan fingerprint density at radius 1 is 1.39 bits per heavy atom. The average molecular weight is 599 g/mol. The van der Waals surface area contributed by atoms with Crippen molar-refractivity contribution in [2.75, 3.05) is 31.5 Å². The zero-order valence-corrected chi connectivity index (χ0v) is 23.9. The maximum absolute atomic E-state index is 13.2. The number of hydrogen-bond donors (Lipinski definition) is 3. The molecule has 1 saturated heterocycles. The van der Waals surface area contributed by atoms with Crippen molar-refractivity contribution in [1.82, 2.24) is 15.2 Å². The van der Waals surface area contributed by atoms with E-state index in [4.69, 9.17) is 14.8 Å². The van der Waals surface area contributed by atoms with E-state index in [1.165, 1.54) is 48.0 Å². The van der Waals surface area contributed by atoms with Gasteiger partial charge >= 0.3 is 5.97 Å². The summed E-state index contributed by atoms with van der Waals surface area (Å²) in [6, 6.07) is 2.87. The summed E-state index contributed by atoms with van der Waals surface area (Å²) in [7, 11) is 0.466. The van der Waals surface area contributed by atoms with Crippen LogP contribution in [0.4, 0.5) is 5.13 Å². The number of carboxylic acid groups (broad SMARTS) is 1. The summed E-state index contributed by atoms with van der Waals surface area (Å²) < 4.78 is 11.8. The Balaban J connectivity index is 1.53. The fourth-order valence-electron chi connectivity index (χ4n) is 3.76. The number of rotatable bonds is 10. The first-order valence-electron chi connectivity index (χ1n) is 11.0. The van der Waals surface area contributed by atoms with Crippen LogP contribution in [0.2, 0.25) is 0 Å². The van der Waals surface area contributed by atoms with Gasteiger partial charge in [0.05, 0.1) is 19.9 Å². The highest BCUT2D eigenvalue weighted by atomic mass is 32.2. The molecule has 38 heavy (non-hydrogen) atoms. The number of thiazole rings is 1. The second kappa shape index (κ2) is 11.7. The van der Waals surface area contributed by atoms with Gasteiger partial charge in [-0.05, 0) is 5.57 Å². The fourth-order valence-corrected chi connectivity index (χ4v) is 7.62. The molecule has 2 atom stereocenters. The number of amides is 2. The lowest BCUT2D eigenvalue weighted by Gasteiger charge is -2.49. The molecule has 2 aliphatic heterocycles. The zero-order valence-electron chi connectivity index (χ0n) is 20.5. The van der Waals surface area contributed by atoms with Gasteiger partial charge < -0.3 is 21.1 Å². The van der Waals surface area contributed by atoms with Crippen molar-refractivity contribution in [3.05, 3.63) is 52.7 Å². The third-order valence-electron chi connectivity index (χ3n) is 5.74. The van der Waals surface area contributed by atoms with Crippen LogP contribution in [0.25, 0.3) is 5.57 Å². The molecule has 0 aromatic carbocycles. The van der Waals surface area contributed by atoms with E-state index >= 15 is 0 Å². The second-order valence-electron chi connectivity index (χ2n) is 8.12. The molecule has 0 saturated carbocycles. The van der Waals surface area contributed by atoms with Crippen molar-refractivity contribution >= 4 is 71.3 Å². The van der Waals surface area contributed by atoms with Gasteiger partial charge in [0.15, 0.2) is 17.5 Å². The third-order valence-corrected chi connectivity index (χ3v) is 10.4.